The van der Waals surface area contributed by atoms with Crippen molar-refractivity contribution in [3.63, 3.8) is 0 Å². The van der Waals surface area contributed by atoms with Crippen molar-refractivity contribution in [2.45, 2.75) is 6.92 Å². The molecule has 4 nitrogen and oxygen atoms in total. The van der Waals surface area contributed by atoms with Crippen LogP contribution in [0.15, 0.2) is 0 Å². The van der Waals surface area contributed by atoms with E-state index < -0.39 is 12.0 Å². The van der Waals surface area contributed by atoms with Crippen LogP contribution in [-0.2, 0) is 4.79 Å². The second-order valence-corrected chi connectivity index (χ2v) is 0.969. The molecule has 40 valence electrons. The Bertz CT molecular complexity index is 90.7. The quantitative estimate of drug-likeness (QED) is 0.331. The molecule has 8 heavy (non-hydrogen) atoms. The van der Waals surface area contributed by atoms with Gasteiger partial charge in [0.25, 0.3) is 0 Å². The standard InChI is InChI=1S/C3H5NO3.Na/c1-2(5)4-3(6)7;/h1H3,(H,4,5)(H,6,7);/q;+1/p-1. The molecule has 0 unspecified atom stereocenters. The molecule has 0 heterocycles. The number of carboxylic acid groups (broad SMARTS) is 1. The Kier molecular flexibility index (Phi) is 6.89. The van der Waals surface area contributed by atoms with E-state index >= 15 is 0 Å². The summed E-state index contributed by atoms with van der Waals surface area (Å²) in [7, 11) is 0. The van der Waals surface area contributed by atoms with E-state index in [0.717, 1.165) is 6.92 Å². The van der Waals surface area contributed by atoms with Gasteiger partial charge in [0, 0.05) is 6.92 Å². The number of carbonyl (C=O) groups is 2. The fourth-order valence-corrected chi connectivity index (χ4v) is 0.144. The van der Waals surface area contributed by atoms with Gasteiger partial charge in [-0.15, -0.1) is 0 Å². The molecule has 0 rings (SSSR count). The average Bonchev–Trinajstić information content (AvgIpc) is 1.27. The minimum absolute atomic E-state index is 0. The van der Waals surface area contributed by atoms with Crippen molar-refractivity contribution in [3.8, 4) is 0 Å². The molecule has 5 heteroatoms. The van der Waals surface area contributed by atoms with E-state index in [1.807, 2.05) is 0 Å². The number of imide groups is 1. The molecule has 0 radical (unpaired) electrons. The molecule has 0 spiro atoms. The number of amides is 2. The Morgan fingerprint density at radius 2 is 1.88 bits per heavy atom. The molecule has 0 saturated heterocycles. The van der Waals surface area contributed by atoms with Gasteiger partial charge in [-0.1, -0.05) is 0 Å². The SMILES string of the molecule is CC(=O)NC(=O)[O-].[Na+]. The molecule has 0 saturated carbocycles. The first kappa shape index (κ1) is 10.8. The Morgan fingerprint density at radius 3 is 1.88 bits per heavy atom. The molecule has 0 aromatic heterocycles. The van der Waals surface area contributed by atoms with Crippen LogP contribution in [0, 0.1) is 0 Å². The van der Waals surface area contributed by atoms with Crippen LogP contribution in [0.3, 0.4) is 0 Å². The summed E-state index contributed by atoms with van der Waals surface area (Å²) in [6.45, 7) is 1.09. The fraction of sp³-hybridized carbons (Fsp3) is 0.333. The minimum Gasteiger partial charge on any atom is -0.530 e. The topological polar surface area (TPSA) is 69.2 Å². The third-order valence-corrected chi connectivity index (χ3v) is 0.278. The van der Waals surface area contributed by atoms with E-state index in [1.165, 1.54) is 5.32 Å². The molecule has 0 fully saturated rings. The molecule has 1 N–H and O–H groups in total. The maximum Gasteiger partial charge on any atom is 1.00 e. The van der Waals surface area contributed by atoms with E-state index in [-0.39, 0.29) is 29.6 Å². The van der Waals surface area contributed by atoms with E-state index in [1.54, 1.807) is 0 Å². The normalized spacial score (nSPS) is 6.62. The fourth-order valence-electron chi connectivity index (χ4n) is 0.144. The van der Waals surface area contributed by atoms with Gasteiger partial charge in [-0.05, 0) is 0 Å². The van der Waals surface area contributed by atoms with Crippen molar-refractivity contribution in [2.75, 3.05) is 0 Å². The predicted molar refractivity (Wildman–Crippen MR) is 19.2 cm³/mol. The van der Waals surface area contributed by atoms with Gasteiger partial charge in [-0.2, -0.15) is 0 Å². The first-order chi connectivity index (χ1) is 3.13. The van der Waals surface area contributed by atoms with E-state index in [0.29, 0.717) is 0 Å². The molecular weight excluding hydrogens is 121 g/mol. The van der Waals surface area contributed by atoms with E-state index in [9.17, 15) is 14.7 Å². The molecule has 0 aromatic carbocycles. The Balaban J connectivity index is 0. The zero-order valence-corrected chi connectivity index (χ0v) is 6.72. The first-order valence-electron chi connectivity index (χ1n) is 1.61. The molecular formula is C3H4NNaO3. The van der Waals surface area contributed by atoms with Crippen molar-refractivity contribution in [1.82, 2.24) is 5.32 Å². The van der Waals surface area contributed by atoms with Crippen LogP contribution in [0.1, 0.15) is 6.92 Å². The van der Waals surface area contributed by atoms with Crippen LogP contribution in [0.2, 0.25) is 0 Å². The summed E-state index contributed by atoms with van der Waals surface area (Å²) in [5.41, 5.74) is 0. The Morgan fingerprint density at radius 1 is 1.50 bits per heavy atom. The van der Waals surface area contributed by atoms with Gasteiger partial charge >= 0.3 is 29.6 Å². The number of nitrogens with one attached hydrogen (secondary N) is 1. The number of carbonyl (C=O) groups excluding carboxylic acids is 2. The third kappa shape index (κ3) is 9.34. The number of rotatable bonds is 0. The maximum absolute atomic E-state index is 9.72. The predicted octanol–water partition coefficient (Wildman–Crippen LogP) is -4.53. The van der Waals surface area contributed by atoms with Crippen molar-refractivity contribution >= 4 is 12.0 Å². The van der Waals surface area contributed by atoms with Gasteiger partial charge in [0.15, 0.2) is 0 Å². The minimum atomic E-state index is -1.56. The van der Waals surface area contributed by atoms with Crippen LogP contribution < -0.4 is 40.0 Å². The van der Waals surface area contributed by atoms with Gasteiger partial charge in [-0.3, -0.25) is 4.79 Å². The summed E-state index contributed by atoms with van der Waals surface area (Å²) in [5, 5.41) is 10.8. The van der Waals surface area contributed by atoms with Gasteiger partial charge < -0.3 is 15.2 Å². The summed E-state index contributed by atoms with van der Waals surface area (Å²) < 4.78 is 0. The Hall–Kier alpha value is -0.0600. The van der Waals surface area contributed by atoms with Gasteiger partial charge in [-0.25, -0.2) is 0 Å². The average molecular weight is 125 g/mol. The van der Waals surface area contributed by atoms with Crippen molar-refractivity contribution in [3.05, 3.63) is 0 Å². The van der Waals surface area contributed by atoms with E-state index in [4.69, 9.17) is 0 Å². The smallest absolute Gasteiger partial charge is 0.530 e. The molecule has 0 aliphatic heterocycles. The zero-order chi connectivity index (χ0) is 5.86. The maximum atomic E-state index is 9.72. The van der Waals surface area contributed by atoms with Crippen LogP contribution in [0.25, 0.3) is 0 Å². The molecule has 0 atom stereocenters. The van der Waals surface area contributed by atoms with Crippen molar-refractivity contribution in [2.24, 2.45) is 0 Å². The summed E-state index contributed by atoms with van der Waals surface area (Å²) in [6, 6.07) is 0. The monoisotopic (exact) mass is 125 g/mol. The molecule has 0 aliphatic rings. The Labute approximate surface area is 68.5 Å². The summed E-state index contributed by atoms with van der Waals surface area (Å²) in [5.74, 6) is -0.625. The van der Waals surface area contributed by atoms with Crippen LogP contribution in [0.5, 0.6) is 0 Å². The summed E-state index contributed by atoms with van der Waals surface area (Å²) in [6.07, 6.45) is -1.56. The number of hydrogen-bond donors (Lipinski definition) is 1. The van der Waals surface area contributed by atoms with E-state index in [2.05, 4.69) is 0 Å². The summed E-state index contributed by atoms with van der Waals surface area (Å²) in [4.78, 5) is 19.1. The number of hydrogen-bond acceptors (Lipinski definition) is 3. The van der Waals surface area contributed by atoms with Crippen LogP contribution in [0.4, 0.5) is 4.79 Å². The molecule has 0 aliphatic carbocycles. The van der Waals surface area contributed by atoms with Crippen molar-refractivity contribution in [1.29, 1.82) is 0 Å². The van der Waals surface area contributed by atoms with Crippen LogP contribution in [-0.4, -0.2) is 12.0 Å². The first-order valence-corrected chi connectivity index (χ1v) is 1.61. The van der Waals surface area contributed by atoms with Gasteiger partial charge in [0.05, 0.1) is 0 Å². The molecule has 0 aromatic rings. The molecule has 0 bridgehead atoms. The van der Waals surface area contributed by atoms with Crippen LogP contribution >= 0.6 is 0 Å². The van der Waals surface area contributed by atoms with Gasteiger partial charge in [0.2, 0.25) is 5.91 Å². The largest absolute Gasteiger partial charge is 1.00 e. The molecule has 2 amide bonds. The second kappa shape index (κ2) is 5.08. The third-order valence-electron chi connectivity index (χ3n) is 0.278. The van der Waals surface area contributed by atoms with Gasteiger partial charge in [0.1, 0.15) is 6.09 Å². The van der Waals surface area contributed by atoms with Crippen molar-refractivity contribution < 1.29 is 44.3 Å². The second-order valence-electron chi connectivity index (χ2n) is 0.969. The summed E-state index contributed by atoms with van der Waals surface area (Å²) >= 11 is 0. The zero-order valence-electron chi connectivity index (χ0n) is 4.72.